The number of rotatable bonds is 4. The van der Waals surface area contributed by atoms with Crippen LogP contribution in [-0.2, 0) is 4.79 Å². The van der Waals surface area contributed by atoms with Crippen LogP contribution in [0.25, 0.3) is 0 Å². The number of amides is 1. The van der Waals surface area contributed by atoms with E-state index >= 15 is 0 Å². The van der Waals surface area contributed by atoms with E-state index in [1.807, 2.05) is 56.3 Å². The Labute approximate surface area is 127 Å². The van der Waals surface area contributed by atoms with Crippen LogP contribution in [0.4, 0.5) is 11.4 Å². The molecular formula is C16H17BrN2O. The van der Waals surface area contributed by atoms with Gasteiger partial charge in [0, 0.05) is 15.8 Å². The molecule has 3 nitrogen and oxygen atoms in total. The monoisotopic (exact) mass is 332 g/mol. The van der Waals surface area contributed by atoms with E-state index < -0.39 is 0 Å². The van der Waals surface area contributed by atoms with E-state index in [1.165, 1.54) is 0 Å². The van der Waals surface area contributed by atoms with E-state index in [0.29, 0.717) is 0 Å². The van der Waals surface area contributed by atoms with Gasteiger partial charge < -0.3 is 10.6 Å². The van der Waals surface area contributed by atoms with Gasteiger partial charge in [0.15, 0.2) is 0 Å². The third kappa shape index (κ3) is 3.84. The molecule has 0 unspecified atom stereocenters. The van der Waals surface area contributed by atoms with Crippen LogP contribution in [0.15, 0.2) is 46.9 Å². The Morgan fingerprint density at radius 1 is 1.10 bits per heavy atom. The van der Waals surface area contributed by atoms with Crippen molar-refractivity contribution in [3.63, 3.8) is 0 Å². The highest BCUT2D eigenvalue weighted by Gasteiger charge is 2.08. The van der Waals surface area contributed by atoms with Crippen molar-refractivity contribution in [1.82, 2.24) is 0 Å². The van der Waals surface area contributed by atoms with Gasteiger partial charge in [-0.2, -0.15) is 0 Å². The van der Waals surface area contributed by atoms with Crippen LogP contribution >= 0.6 is 15.9 Å². The minimum Gasteiger partial charge on any atom is -0.376 e. The molecule has 0 heterocycles. The highest BCUT2D eigenvalue weighted by Crippen LogP contribution is 2.24. The number of aryl methyl sites for hydroxylation is 2. The Balaban J connectivity index is 1.98. The molecule has 0 fully saturated rings. The van der Waals surface area contributed by atoms with Gasteiger partial charge in [-0.05, 0) is 49.2 Å². The molecule has 0 saturated carbocycles. The third-order valence-corrected chi connectivity index (χ3v) is 3.45. The molecule has 0 aliphatic rings. The standard InChI is InChI=1S/C16H17BrN2O/c1-11-8-13(17)9-12(2)16(11)19-15(20)10-18-14-6-4-3-5-7-14/h3-9,18H,10H2,1-2H3,(H,19,20). The summed E-state index contributed by atoms with van der Waals surface area (Å²) in [4.78, 5) is 12.0. The molecule has 0 aliphatic carbocycles. The van der Waals surface area contributed by atoms with Gasteiger partial charge in [0.05, 0.1) is 6.54 Å². The lowest BCUT2D eigenvalue weighted by Crippen LogP contribution is -2.22. The summed E-state index contributed by atoms with van der Waals surface area (Å²) in [6, 6.07) is 13.7. The van der Waals surface area contributed by atoms with Crippen LogP contribution in [0.3, 0.4) is 0 Å². The largest absolute Gasteiger partial charge is 0.376 e. The molecule has 1 amide bonds. The van der Waals surface area contributed by atoms with Gasteiger partial charge in [0.2, 0.25) is 5.91 Å². The van der Waals surface area contributed by atoms with Gasteiger partial charge in [-0.15, -0.1) is 0 Å². The molecule has 2 N–H and O–H groups in total. The average molecular weight is 333 g/mol. The zero-order valence-electron chi connectivity index (χ0n) is 11.5. The van der Waals surface area contributed by atoms with E-state index in [4.69, 9.17) is 0 Å². The first kappa shape index (κ1) is 14.6. The number of para-hydroxylation sites is 1. The van der Waals surface area contributed by atoms with Crippen LogP contribution in [0.1, 0.15) is 11.1 Å². The van der Waals surface area contributed by atoms with Gasteiger partial charge >= 0.3 is 0 Å². The summed E-state index contributed by atoms with van der Waals surface area (Å²) in [7, 11) is 0. The van der Waals surface area contributed by atoms with E-state index in [9.17, 15) is 4.79 Å². The quantitative estimate of drug-likeness (QED) is 0.884. The van der Waals surface area contributed by atoms with Crippen LogP contribution < -0.4 is 10.6 Å². The van der Waals surface area contributed by atoms with E-state index in [1.54, 1.807) is 0 Å². The number of hydrogen-bond acceptors (Lipinski definition) is 2. The lowest BCUT2D eigenvalue weighted by atomic mass is 10.1. The maximum atomic E-state index is 12.0. The third-order valence-electron chi connectivity index (χ3n) is 2.99. The Kier molecular flexibility index (Phi) is 4.79. The second kappa shape index (κ2) is 6.57. The lowest BCUT2D eigenvalue weighted by Gasteiger charge is -2.13. The number of halogens is 1. The van der Waals surface area contributed by atoms with E-state index in [-0.39, 0.29) is 12.5 Å². The van der Waals surface area contributed by atoms with Crippen LogP contribution in [-0.4, -0.2) is 12.5 Å². The fourth-order valence-corrected chi connectivity index (χ4v) is 2.72. The normalized spacial score (nSPS) is 10.2. The molecule has 0 atom stereocenters. The molecule has 0 saturated heterocycles. The first-order chi connectivity index (χ1) is 9.56. The Bertz CT molecular complexity index is 588. The Hall–Kier alpha value is -1.81. The molecule has 0 aromatic heterocycles. The molecule has 2 aromatic carbocycles. The topological polar surface area (TPSA) is 41.1 Å². The predicted octanol–water partition coefficient (Wildman–Crippen LogP) is 4.12. The first-order valence-electron chi connectivity index (χ1n) is 6.42. The summed E-state index contributed by atoms with van der Waals surface area (Å²) < 4.78 is 1.02. The molecule has 0 aliphatic heterocycles. The molecule has 0 radical (unpaired) electrons. The van der Waals surface area contributed by atoms with Crippen LogP contribution in [0, 0.1) is 13.8 Å². The van der Waals surface area contributed by atoms with Crippen molar-refractivity contribution in [1.29, 1.82) is 0 Å². The summed E-state index contributed by atoms with van der Waals surface area (Å²) in [6.07, 6.45) is 0. The SMILES string of the molecule is Cc1cc(Br)cc(C)c1NC(=O)CNc1ccccc1. The van der Waals surface area contributed by atoms with Crippen molar-refractivity contribution in [3.05, 3.63) is 58.1 Å². The predicted molar refractivity (Wildman–Crippen MR) is 87.2 cm³/mol. The van der Waals surface area contributed by atoms with Crippen molar-refractivity contribution >= 4 is 33.2 Å². The highest BCUT2D eigenvalue weighted by atomic mass is 79.9. The molecule has 2 rings (SSSR count). The second-order valence-corrected chi connectivity index (χ2v) is 5.60. The number of benzene rings is 2. The minimum atomic E-state index is -0.0534. The summed E-state index contributed by atoms with van der Waals surface area (Å²) in [5.74, 6) is -0.0534. The van der Waals surface area contributed by atoms with Crippen molar-refractivity contribution in [2.45, 2.75) is 13.8 Å². The molecule has 0 bridgehead atoms. The number of anilines is 2. The molecule has 2 aromatic rings. The number of hydrogen-bond donors (Lipinski definition) is 2. The van der Waals surface area contributed by atoms with Gasteiger partial charge in [0.1, 0.15) is 0 Å². The van der Waals surface area contributed by atoms with Crippen LogP contribution in [0.5, 0.6) is 0 Å². The van der Waals surface area contributed by atoms with Gasteiger partial charge in [-0.25, -0.2) is 0 Å². The number of nitrogens with one attached hydrogen (secondary N) is 2. The number of carbonyl (C=O) groups excluding carboxylic acids is 1. The minimum absolute atomic E-state index is 0.0534. The first-order valence-corrected chi connectivity index (χ1v) is 7.21. The van der Waals surface area contributed by atoms with Gasteiger partial charge in [-0.3, -0.25) is 4.79 Å². The summed E-state index contributed by atoms with van der Waals surface area (Å²) >= 11 is 3.45. The maximum absolute atomic E-state index is 12.0. The average Bonchev–Trinajstić information content (AvgIpc) is 2.42. The molecule has 0 spiro atoms. The summed E-state index contributed by atoms with van der Waals surface area (Å²) in [5, 5.41) is 6.05. The van der Waals surface area contributed by atoms with Crippen LogP contribution in [0.2, 0.25) is 0 Å². The molecule has 4 heteroatoms. The summed E-state index contributed by atoms with van der Waals surface area (Å²) in [5.41, 5.74) is 3.91. The van der Waals surface area contributed by atoms with Gasteiger partial charge in [0.25, 0.3) is 0 Å². The fourth-order valence-electron chi connectivity index (χ4n) is 2.03. The Morgan fingerprint density at radius 3 is 2.30 bits per heavy atom. The van der Waals surface area contributed by atoms with E-state index in [2.05, 4.69) is 26.6 Å². The molecule has 20 heavy (non-hydrogen) atoms. The Morgan fingerprint density at radius 2 is 1.70 bits per heavy atom. The zero-order chi connectivity index (χ0) is 14.5. The molecule has 104 valence electrons. The number of carbonyl (C=O) groups is 1. The van der Waals surface area contributed by atoms with Gasteiger partial charge in [-0.1, -0.05) is 34.1 Å². The van der Waals surface area contributed by atoms with Crippen molar-refractivity contribution in [2.24, 2.45) is 0 Å². The zero-order valence-corrected chi connectivity index (χ0v) is 13.1. The smallest absolute Gasteiger partial charge is 0.243 e. The molecular weight excluding hydrogens is 316 g/mol. The fraction of sp³-hybridized carbons (Fsp3) is 0.188. The van der Waals surface area contributed by atoms with Crippen molar-refractivity contribution < 1.29 is 4.79 Å². The van der Waals surface area contributed by atoms with Crippen molar-refractivity contribution in [3.8, 4) is 0 Å². The van der Waals surface area contributed by atoms with E-state index in [0.717, 1.165) is 27.0 Å². The maximum Gasteiger partial charge on any atom is 0.243 e. The second-order valence-electron chi connectivity index (χ2n) is 4.68. The van der Waals surface area contributed by atoms with Crippen molar-refractivity contribution in [2.75, 3.05) is 17.2 Å². The lowest BCUT2D eigenvalue weighted by molar-refractivity contribution is -0.114. The highest BCUT2D eigenvalue weighted by molar-refractivity contribution is 9.10. The summed E-state index contributed by atoms with van der Waals surface area (Å²) in [6.45, 7) is 4.22.